The lowest BCUT2D eigenvalue weighted by molar-refractivity contribution is -0.131. The van der Waals surface area contributed by atoms with Crippen LogP contribution in [0.25, 0.3) is 6.08 Å². The van der Waals surface area contributed by atoms with Crippen LogP contribution >= 0.6 is 0 Å². The van der Waals surface area contributed by atoms with Gasteiger partial charge in [0, 0.05) is 31.3 Å². The number of methoxy groups -OCH3 is 1. The summed E-state index contributed by atoms with van der Waals surface area (Å²) in [6.07, 6.45) is 3.42. The van der Waals surface area contributed by atoms with Gasteiger partial charge in [0.1, 0.15) is 5.75 Å². The molecule has 0 fully saturated rings. The largest absolute Gasteiger partial charge is 0.496 e. The van der Waals surface area contributed by atoms with E-state index in [4.69, 9.17) is 14.9 Å². The van der Waals surface area contributed by atoms with Crippen molar-refractivity contribution in [2.24, 2.45) is 0 Å². The minimum Gasteiger partial charge on any atom is -0.496 e. The Labute approximate surface area is 125 Å². The number of carbonyl (C=O) groups is 1. The highest BCUT2D eigenvalue weighted by Gasteiger charge is 2.09. The molecule has 2 N–H and O–H groups in total. The van der Waals surface area contributed by atoms with Gasteiger partial charge in [0.05, 0.1) is 7.11 Å². The van der Waals surface area contributed by atoms with Gasteiger partial charge in [0.15, 0.2) is 0 Å². The second kappa shape index (κ2) is 9.15. The lowest BCUT2D eigenvalue weighted by Crippen LogP contribution is -2.25. The summed E-state index contributed by atoms with van der Waals surface area (Å²) in [5.74, 6) is -0.185. The smallest absolute Gasteiger partial charge is 0.328 e. The average molecular weight is 293 g/mol. The third-order valence-corrected chi connectivity index (χ3v) is 3.20. The fourth-order valence-electron chi connectivity index (χ4n) is 2.08. The Bertz CT molecular complexity index is 485. The van der Waals surface area contributed by atoms with Crippen LogP contribution in [0.5, 0.6) is 5.75 Å². The Morgan fingerprint density at radius 1 is 1.43 bits per heavy atom. The second-order valence-corrected chi connectivity index (χ2v) is 4.69. The molecule has 0 radical (unpaired) electrons. The highest BCUT2D eigenvalue weighted by Crippen LogP contribution is 2.22. The Kier molecular flexibility index (Phi) is 7.50. The van der Waals surface area contributed by atoms with Gasteiger partial charge in [-0.3, -0.25) is 4.90 Å². The Balaban J connectivity index is 2.91. The molecule has 0 aliphatic heterocycles. The molecule has 0 bridgehead atoms. The van der Waals surface area contributed by atoms with Crippen LogP contribution in [0.3, 0.4) is 0 Å². The van der Waals surface area contributed by atoms with Gasteiger partial charge in [-0.1, -0.05) is 13.0 Å². The van der Waals surface area contributed by atoms with Crippen molar-refractivity contribution in [3.63, 3.8) is 0 Å². The molecule has 0 aliphatic carbocycles. The van der Waals surface area contributed by atoms with E-state index in [9.17, 15) is 4.79 Å². The van der Waals surface area contributed by atoms with E-state index in [1.807, 2.05) is 18.2 Å². The molecule has 5 heteroatoms. The molecule has 21 heavy (non-hydrogen) atoms. The lowest BCUT2D eigenvalue weighted by Gasteiger charge is -2.21. The summed E-state index contributed by atoms with van der Waals surface area (Å²) in [7, 11) is 1.62. The lowest BCUT2D eigenvalue weighted by atomic mass is 10.1. The average Bonchev–Trinajstić information content (AvgIpc) is 2.49. The van der Waals surface area contributed by atoms with E-state index < -0.39 is 5.97 Å². The molecule has 1 rings (SSSR count). The van der Waals surface area contributed by atoms with E-state index in [0.29, 0.717) is 6.54 Å². The van der Waals surface area contributed by atoms with Gasteiger partial charge in [-0.25, -0.2) is 4.79 Å². The zero-order chi connectivity index (χ0) is 15.7. The quantitative estimate of drug-likeness (QED) is 0.681. The van der Waals surface area contributed by atoms with E-state index >= 15 is 0 Å². The summed E-state index contributed by atoms with van der Waals surface area (Å²) in [4.78, 5) is 12.8. The van der Waals surface area contributed by atoms with Crippen LogP contribution in [0, 0.1) is 0 Å². The summed E-state index contributed by atoms with van der Waals surface area (Å²) in [6.45, 7) is 4.63. The predicted octanol–water partition coefficient (Wildman–Crippen LogP) is 2.00. The number of carboxylic acids is 1. The molecule has 0 spiro atoms. The number of carboxylic acid groups (broad SMARTS) is 1. The molecule has 0 atom stereocenters. The highest BCUT2D eigenvalue weighted by molar-refractivity contribution is 5.85. The van der Waals surface area contributed by atoms with Crippen LogP contribution in [-0.4, -0.2) is 47.9 Å². The van der Waals surface area contributed by atoms with Gasteiger partial charge in [-0.15, -0.1) is 0 Å². The van der Waals surface area contributed by atoms with Crippen LogP contribution in [0.2, 0.25) is 0 Å². The molecule has 116 valence electrons. The maximum Gasteiger partial charge on any atom is 0.328 e. The number of aliphatic hydroxyl groups excluding tert-OH is 1. The predicted molar refractivity (Wildman–Crippen MR) is 82.3 cm³/mol. The maximum atomic E-state index is 10.6. The molecule has 0 heterocycles. The summed E-state index contributed by atoms with van der Waals surface area (Å²) >= 11 is 0. The van der Waals surface area contributed by atoms with Crippen molar-refractivity contribution >= 4 is 12.0 Å². The standard InChI is InChI=1S/C16H23NO4/c1-3-17(9-4-10-18)12-14-11-13(6-8-16(19)20)5-7-15(14)21-2/h5-8,11,18H,3-4,9-10,12H2,1-2H3,(H,19,20)/b8-6+. The van der Waals surface area contributed by atoms with E-state index in [-0.39, 0.29) is 6.61 Å². The summed E-state index contributed by atoms with van der Waals surface area (Å²) < 4.78 is 5.36. The normalized spacial score (nSPS) is 11.2. The van der Waals surface area contributed by atoms with Crippen LogP contribution in [-0.2, 0) is 11.3 Å². The Morgan fingerprint density at radius 2 is 2.19 bits per heavy atom. The van der Waals surface area contributed by atoms with Crippen molar-refractivity contribution in [1.82, 2.24) is 4.90 Å². The monoisotopic (exact) mass is 293 g/mol. The van der Waals surface area contributed by atoms with Crippen molar-refractivity contribution in [2.45, 2.75) is 19.9 Å². The first-order valence-electron chi connectivity index (χ1n) is 7.01. The molecule has 0 aromatic heterocycles. The number of nitrogens with zero attached hydrogens (tertiary/aromatic N) is 1. The SMILES string of the molecule is CCN(CCCO)Cc1cc(/C=C/C(=O)O)ccc1OC. The first-order valence-corrected chi connectivity index (χ1v) is 7.01. The van der Waals surface area contributed by atoms with Gasteiger partial charge in [-0.05, 0) is 36.7 Å². The minimum absolute atomic E-state index is 0.176. The minimum atomic E-state index is -0.967. The first-order chi connectivity index (χ1) is 10.1. The van der Waals surface area contributed by atoms with Crippen molar-refractivity contribution in [1.29, 1.82) is 0 Å². The fourth-order valence-corrected chi connectivity index (χ4v) is 2.08. The molecule has 0 unspecified atom stereocenters. The molecule has 0 amide bonds. The van der Waals surface area contributed by atoms with Crippen LogP contribution in [0.15, 0.2) is 24.3 Å². The number of aliphatic carboxylic acids is 1. The number of ether oxygens (including phenoxy) is 1. The van der Waals surface area contributed by atoms with Crippen molar-refractivity contribution in [3.8, 4) is 5.75 Å². The second-order valence-electron chi connectivity index (χ2n) is 4.69. The molecular weight excluding hydrogens is 270 g/mol. The first kappa shape index (κ1) is 17.2. The van der Waals surface area contributed by atoms with Crippen molar-refractivity contribution in [3.05, 3.63) is 35.4 Å². The number of benzene rings is 1. The van der Waals surface area contributed by atoms with Crippen LogP contribution < -0.4 is 4.74 Å². The van der Waals surface area contributed by atoms with Gasteiger partial charge >= 0.3 is 5.97 Å². The molecular formula is C16H23NO4. The summed E-state index contributed by atoms with van der Waals surface area (Å²) in [6, 6.07) is 5.60. The molecule has 0 saturated heterocycles. The van der Waals surface area contributed by atoms with Gasteiger partial charge in [0.2, 0.25) is 0 Å². The van der Waals surface area contributed by atoms with E-state index in [1.165, 1.54) is 0 Å². The fraction of sp³-hybridized carbons (Fsp3) is 0.438. The van der Waals surface area contributed by atoms with Gasteiger partial charge in [0.25, 0.3) is 0 Å². The van der Waals surface area contributed by atoms with Crippen molar-refractivity contribution in [2.75, 3.05) is 26.8 Å². The number of hydrogen-bond acceptors (Lipinski definition) is 4. The zero-order valence-corrected chi connectivity index (χ0v) is 12.6. The molecule has 0 saturated carbocycles. The maximum absolute atomic E-state index is 10.6. The molecule has 5 nitrogen and oxygen atoms in total. The van der Waals surface area contributed by atoms with E-state index in [0.717, 1.165) is 42.5 Å². The summed E-state index contributed by atoms with van der Waals surface area (Å²) in [5, 5.41) is 17.6. The van der Waals surface area contributed by atoms with Gasteiger partial charge in [-0.2, -0.15) is 0 Å². The molecule has 1 aromatic carbocycles. The molecule has 0 aliphatic rings. The highest BCUT2D eigenvalue weighted by atomic mass is 16.5. The third-order valence-electron chi connectivity index (χ3n) is 3.20. The topological polar surface area (TPSA) is 70.0 Å². The zero-order valence-electron chi connectivity index (χ0n) is 12.6. The number of hydrogen-bond donors (Lipinski definition) is 2. The Hall–Kier alpha value is -1.85. The van der Waals surface area contributed by atoms with E-state index in [2.05, 4.69) is 11.8 Å². The molecule has 1 aromatic rings. The Morgan fingerprint density at radius 3 is 2.76 bits per heavy atom. The van der Waals surface area contributed by atoms with E-state index in [1.54, 1.807) is 13.2 Å². The number of rotatable bonds is 9. The van der Waals surface area contributed by atoms with Crippen LogP contribution in [0.1, 0.15) is 24.5 Å². The third kappa shape index (κ3) is 5.97. The van der Waals surface area contributed by atoms with Crippen LogP contribution in [0.4, 0.5) is 0 Å². The van der Waals surface area contributed by atoms with Crippen molar-refractivity contribution < 1.29 is 19.7 Å². The summed E-state index contributed by atoms with van der Waals surface area (Å²) in [5.41, 5.74) is 1.83. The van der Waals surface area contributed by atoms with Gasteiger partial charge < -0.3 is 14.9 Å². The number of aliphatic hydroxyl groups is 1.